The topological polar surface area (TPSA) is 41.1 Å². The molecule has 1 aliphatic rings. The summed E-state index contributed by atoms with van der Waals surface area (Å²) < 4.78 is 27.2. The molecule has 0 spiro atoms. The fourth-order valence-corrected chi connectivity index (χ4v) is 2.07. The molecule has 1 atom stereocenters. The van der Waals surface area contributed by atoms with Crippen molar-refractivity contribution in [3.8, 4) is 0 Å². The molecule has 2 N–H and O–H groups in total. The van der Waals surface area contributed by atoms with Gasteiger partial charge in [0.25, 0.3) is 0 Å². The Morgan fingerprint density at radius 1 is 1.44 bits per heavy atom. The largest absolute Gasteiger partial charge is 0.321 e. The van der Waals surface area contributed by atoms with Crippen LogP contribution in [0.4, 0.5) is 14.5 Å². The van der Waals surface area contributed by atoms with E-state index in [-0.39, 0.29) is 17.5 Å². The Bertz CT molecular complexity index is 457. The van der Waals surface area contributed by atoms with Gasteiger partial charge in [0, 0.05) is 6.54 Å². The molecular formula is C13H16F2N2O. The van der Waals surface area contributed by atoms with Crippen molar-refractivity contribution in [3.05, 3.63) is 29.3 Å². The van der Waals surface area contributed by atoms with Crippen LogP contribution in [0.15, 0.2) is 12.1 Å². The highest BCUT2D eigenvalue weighted by Gasteiger charge is 2.23. The molecule has 2 rings (SSSR count). The van der Waals surface area contributed by atoms with Gasteiger partial charge in [0.05, 0.1) is 5.92 Å². The number of piperidine rings is 1. The normalized spacial score (nSPS) is 19.6. The number of benzene rings is 1. The molecule has 3 nitrogen and oxygen atoms in total. The second kappa shape index (κ2) is 5.44. The average Bonchev–Trinajstić information content (AvgIpc) is 2.40. The molecule has 1 heterocycles. The summed E-state index contributed by atoms with van der Waals surface area (Å²) in [6, 6.07) is 2.51. The van der Waals surface area contributed by atoms with E-state index in [1.807, 2.05) is 0 Å². The van der Waals surface area contributed by atoms with Crippen molar-refractivity contribution in [2.45, 2.75) is 19.8 Å². The second-order valence-corrected chi connectivity index (χ2v) is 4.59. The van der Waals surface area contributed by atoms with E-state index in [0.29, 0.717) is 12.1 Å². The van der Waals surface area contributed by atoms with Crippen LogP contribution in [0.1, 0.15) is 18.4 Å². The minimum absolute atomic E-state index is 0.224. The Kier molecular flexibility index (Phi) is 3.91. The average molecular weight is 254 g/mol. The van der Waals surface area contributed by atoms with Crippen LogP contribution in [-0.4, -0.2) is 19.0 Å². The molecule has 1 aliphatic heterocycles. The van der Waals surface area contributed by atoms with E-state index in [0.717, 1.165) is 25.5 Å². The Morgan fingerprint density at radius 3 is 2.89 bits per heavy atom. The van der Waals surface area contributed by atoms with E-state index in [4.69, 9.17) is 0 Å². The first-order chi connectivity index (χ1) is 8.59. The maximum Gasteiger partial charge on any atom is 0.228 e. The van der Waals surface area contributed by atoms with Crippen molar-refractivity contribution >= 4 is 11.6 Å². The zero-order valence-electron chi connectivity index (χ0n) is 10.2. The minimum Gasteiger partial charge on any atom is -0.321 e. The molecule has 1 aromatic carbocycles. The first kappa shape index (κ1) is 13.0. The van der Waals surface area contributed by atoms with Crippen LogP contribution in [0.3, 0.4) is 0 Å². The zero-order chi connectivity index (χ0) is 13.1. The highest BCUT2D eigenvalue weighted by molar-refractivity contribution is 5.93. The van der Waals surface area contributed by atoms with Gasteiger partial charge in [-0.15, -0.1) is 0 Å². The molecule has 0 aliphatic carbocycles. The van der Waals surface area contributed by atoms with Gasteiger partial charge in [-0.2, -0.15) is 0 Å². The van der Waals surface area contributed by atoms with Gasteiger partial charge >= 0.3 is 0 Å². The van der Waals surface area contributed by atoms with E-state index in [2.05, 4.69) is 10.6 Å². The highest BCUT2D eigenvalue weighted by atomic mass is 19.1. The first-order valence-electron chi connectivity index (χ1n) is 6.06. The number of carbonyl (C=O) groups is 1. The van der Waals surface area contributed by atoms with Gasteiger partial charge in [-0.25, -0.2) is 8.78 Å². The van der Waals surface area contributed by atoms with Crippen molar-refractivity contribution in [2.75, 3.05) is 18.4 Å². The highest BCUT2D eigenvalue weighted by Crippen LogP contribution is 2.23. The van der Waals surface area contributed by atoms with Crippen molar-refractivity contribution in [1.29, 1.82) is 0 Å². The Labute approximate surface area is 105 Å². The number of rotatable bonds is 2. The molecule has 1 fully saturated rings. The summed E-state index contributed by atoms with van der Waals surface area (Å²) >= 11 is 0. The lowest BCUT2D eigenvalue weighted by atomic mass is 9.98. The number of nitrogens with one attached hydrogen (secondary N) is 2. The van der Waals surface area contributed by atoms with Crippen LogP contribution in [0.25, 0.3) is 0 Å². The van der Waals surface area contributed by atoms with E-state index in [9.17, 15) is 13.6 Å². The summed E-state index contributed by atoms with van der Waals surface area (Å²) in [5.41, 5.74) is -0.0287. The molecule has 0 aromatic heterocycles. The standard InChI is InChI=1S/C13H16F2N2O/c1-8-4-5-10(14)12(11(8)15)17-13(18)9-3-2-6-16-7-9/h4-5,9,16H,2-3,6-7H2,1H3,(H,17,18). The number of anilines is 1. The number of carbonyl (C=O) groups excluding carboxylic acids is 1. The number of hydrogen-bond donors (Lipinski definition) is 2. The fraction of sp³-hybridized carbons (Fsp3) is 0.462. The Hall–Kier alpha value is -1.49. The number of aryl methyl sites for hydroxylation is 1. The lowest BCUT2D eigenvalue weighted by Gasteiger charge is -2.22. The summed E-state index contributed by atoms with van der Waals surface area (Å²) in [5.74, 6) is -1.99. The number of halogens is 2. The summed E-state index contributed by atoms with van der Waals surface area (Å²) in [7, 11) is 0. The van der Waals surface area contributed by atoms with Crippen LogP contribution in [0.2, 0.25) is 0 Å². The molecule has 1 unspecified atom stereocenters. The van der Waals surface area contributed by atoms with Crippen LogP contribution in [-0.2, 0) is 4.79 Å². The van der Waals surface area contributed by atoms with Gasteiger partial charge in [-0.05, 0) is 37.9 Å². The van der Waals surface area contributed by atoms with Crippen molar-refractivity contribution in [1.82, 2.24) is 5.32 Å². The Balaban J connectivity index is 2.13. The minimum atomic E-state index is -0.741. The summed E-state index contributed by atoms with van der Waals surface area (Å²) in [5, 5.41) is 5.45. The summed E-state index contributed by atoms with van der Waals surface area (Å²) in [6.45, 7) is 2.98. The summed E-state index contributed by atoms with van der Waals surface area (Å²) in [6.07, 6.45) is 1.64. The van der Waals surface area contributed by atoms with Crippen molar-refractivity contribution < 1.29 is 13.6 Å². The molecule has 18 heavy (non-hydrogen) atoms. The van der Waals surface area contributed by atoms with Crippen LogP contribution in [0.5, 0.6) is 0 Å². The first-order valence-corrected chi connectivity index (χ1v) is 6.06. The van der Waals surface area contributed by atoms with Gasteiger partial charge in [0.1, 0.15) is 11.5 Å². The van der Waals surface area contributed by atoms with Crippen LogP contribution in [0, 0.1) is 24.5 Å². The van der Waals surface area contributed by atoms with Crippen LogP contribution < -0.4 is 10.6 Å². The van der Waals surface area contributed by atoms with Crippen molar-refractivity contribution in [2.24, 2.45) is 5.92 Å². The molecule has 0 radical (unpaired) electrons. The van der Waals surface area contributed by atoms with E-state index in [1.54, 1.807) is 0 Å². The zero-order valence-corrected chi connectivity index (χ0v) is 10.2. The van der Waals surface area contributed by atoms with E-state index >= 15 is 0 Å². The molecular weight excluding hydrogens is 238 g/mol. The third kappa shape index (κ3) is 2.67. The van der Waals surface area contributed by atoms with Gasteiger partial charge in [-0.1, -0.05) is 6.07 Å². The molecule has 1 amide bonds. The smallest absolute Gasteiger partial charge is 0.228 e. The molecule has 5 heteroatoms. The quantitative estimate of drug-likeness (QED) is 0.849. The number of hydrogen-bond acceptors (Lipinski definition) is 2. The molecule has 0 bridgehead atoms. The predicted molar refractivity (Wildman–Crippen MR) is 65.3 cm³/mol. The third-order valence-electron chi connectivity index (χ3n) is 3.20. The van der Waals surface area contributed by atoms with Crippen LogP contribution >= 0.6 is 0 Å². The maximum absolute atomic E-state index is 13.7. The third-order valence-corrected chi connectivity index (χ3v) is 3.20. The Morgan fingerprint density at radius 2 is 2.22 bits per heavy atom. The molecule has 1 saturated heterocycles. The van der Waals surface area contributed by atoms with Gasteiger partial charge in [-0.3, -0.25) is 4.79 Å². The van der Waals surface area contributed by atoms with E-state index in [1.165, 1.54) is 13.0 Å². The molecule has 0 saturated carbocycles. The summed E-state index contributed by atoms with van der Waals surface area (Å²) in [4.78, 5) is 11.9. The van der Waals surface area contributed by atoms with E-state index < -0.39 is 11.6 Å². The predicted octanol–water partition coefficient (Wildman–Crippen LogP) is 2.21. The SMILES string of the molecule is Cc1ccc(F)c(NC(=O)C2CCCNC2)c1F. The maximum atomic E-state index is 13.7. The number of amides is 1. The molecule has 1 aromatic rings. The van der Waals surface area contributed by atoms with Crippen molar-refractivity contribution in [3.63, 3.8) is 0 Å². The van der Waals surface area contributed by atoms with Gasteiger partial charge < -0.3 is 10.6 Å². The van der Waals surface area contributed by atoms with Gasteiger partial charge in [0.15, 0.2) is 5.82 Å². The molecule has 98 valence electrons. The van der Waals surface area contributed by atoms with Gasteiger partial charge in [0.2, 0.25) is 5.91 Å². The lowest BCUT2D eigenvalue weighted by Crippen LogP contribution is -2.37. The monoisotopic (exact) mass is 254 g/mol. The fourth-order valence-electron chi connectivity index (χ4n) is 2.07. The lowest BCUT2D eigenvalue weighted by molar-refractivity contribution is -0.120. The second-order valence-electron chi connectivity index (χ2n) is 4.59.